The highest BCUT2D eigenvalue weighted by Crippen LogP contribution is 2.21. The molecule has 0 spiro atoms. The molecule has 0 aliphatic carbocycles. The molecule has 1 aromatic heterocycles. The zero-order valence-corrected chi connectivity index (χ0v) is 15.3. The first-order valence-electron chi connectivity index (χ1n) is 7.91. The molecule has 0 saturated carbocycles. The second-order valence-electron chi connectivity index (χ2n) is 5.85. The number of piperidine rings is 1. The van der Waals surface area contributed by atoms with Gasteiger partial charge in [0.2, 0.25) is 0 Å². The van der Waals surface area contributed by atoms with Gasteiger partial charge in [-0.1, -0.05) is 0 Å². The molecule has 1 amide bonds. The number of hydrogen-bond donors (Lipinski definition) is 0. The minimum absolute atomic E-state index is 0.0160. The third-order valence-corrected chi connectivity index (χ3v) is 4.85. The van der Waals surface area contributed by atoms with Crippen molar-refractivity contribution in [3.8, 4) is 5.75 Å². The number of rotatable bonds is 4. The summed E-state index contributed by atoms with van der Waals surface area (Å²) in [4.78, 5) is 14.4. The number of ether oxygens (including phenoxy) is 1. The Kier molecular flexibility index (Phi) is 5.25. The number of nitrogens with zero attached hydrogens (tertiary/aromatic N) is 1. The maximum Gasteiger partial charge on any atom is 0.289 e. The van der Waals surface area contributed by atoms with Gasteiger partial charge in [-0.15, -0.1) is 0 Å². The van der Waals surface area contributed by atoms with Gasteiger partial charge in [-0.25, -0.2) is 0 Å². The van der Waals surface area contributed by atoms with Crippen LogP contribution in [-0.4, -0.2) is 23.4 Å². The van der Waals surface area contributed by atoms with Gasteiger partial charge in [-0.05, 0) is 85.2 Å². The molecule has 1 saturated heterocycles. The summed E-state index contributed by atoms with van der Waals surface area (Å²) in [5.41, 5.74) is 0. The monoisotopic (exact) mass is 425 g/mol. The van der Waals surface area contributed by atoms with Crippen LogP contribution < -0.4 is 4.74 Å². The summed E-state index contributed by atoms with van der Waals surface area (Å²) in [6, 6.07) is 11.7. The van der Waals surface area contributed by atoms with Gasteiger partial charge in [0, 0.05) is 16.2 Å². The van der Waals surface area contributed by atoms with E-state index in [0.717, 1.165) is 28.7 Å². The smallest absolute Gasteiger partial charge is 0.289 e. The third kappa shape index (κ3) is 4.07. The minimum atomic E-state index is -0.0160. The lowest BCUT2D eigenvalue weighted by molar-refractivity contribution is 0.0599. The first-order chi connectivity index (χ1) is 11.1. The molecule has 122 valence electrons. The van der Waals surface area contributed by atoms with Crippen LogP contribution in [0.15, 0.2) is 40.8 Å². The van der Waals surface area contributed by atoms with Crippen molar-refractivity contribution in [2.45, 2.75) is 38.8 Å². The molecule has 0 unspecified atom stereocenters. The molecule has 1 aromatic carbocycles. The maximum absolute atomic E-state index is 12.5. The fraction of sp³-hybridized carbons (Fsp3) is 0.389. The van der Waals surface area contributed by atoms with Gasteiger partial charge in [-0.2, -0.15) is 0 Å². The van der Waals surface area contributed by atoms with Crippen molar-refractivity contribution in [3.05, 3.63) is 51.5 Å². The van der Waals surface area contributed by atoms with Crippen LogP contribution >= 0.6 is 22.6 Å². The molecule has 4 nitrogen and oxygen atoms in total. The number of carbonyl (C=O) groups is 1. The molecular formula is C18H20INO3. The van der Waals surface area contributed by atoms with E-state index in [-0.39, 0.29) is 11.9 Å². The predicted octanol–water partition coefficient (Wildman–Crippen LogP) is 4.48. The predicted molar refractivity (Wildman–Crippen MR) is 96.5 cm³/mol. The summed E-state index contributed by atoms with van der Waals surface area (Å²) in [6.45, 7) is 3.24. The molecule has 5 heteroatoms. The maximum atomic E-state index is 12.5. The minimum Gasteiger partial charge on any atom is -0.486 e. The highest BCUT2D eigenvalue weighted by molar-refractivity contribution is 14.1. The Morgan fingerprint density at radius 3 is 2.78 bits per heavy atom. The largest absolute Gasteiger partial charge is 0.486 e. The zero-order chi connectivity index (χ0) is 16.2. The zero-order valence-electron chi connectivity index (χ0n) is 13.1. The van der Waals surface area contributed by atoms with E-state index in [4.69, 9.17) is 9.15 Å². The molecule has 2 heterocycles. The van der Waals surface area contributed by atoms with Gasteiger partial charge in [-0.3, -0.25) is 4.79 Å². The summed E-state index contributed by atoms with van der Waals surface area (Å²) < 4.78 is 12.5. The van der Waals surface area contributed by atoms with Gasteiger partial charge in [0.05, 0.1) is 0 Å². The van der Waals surface area contributed by atoms with Crippen LogP contribution in [0.3, 0.4) is 0 Å². The SMILES string of the molecule is C[C@@H]1CCCCN1C(=O)c1ccc(COc2ccc(I)cc2)o1. The van der Waals surface area contributed by atoms with Crippen molar-refractivity contribution < 1.29 is 13.9 Å². The lowest BCUT2D eigenvalue weighted by Gasteiger charge is -2.32. The van der Waals surface area contributed by atoms with E-state index in [2.05, 4.69) is 29.5 Å². The first-order valence-corrected chi connectivity index (χ1v) is 8.99. The van der Waals surface area contributed by atoms with E-state index >= 15 is 0 Å². The van der Waals surface area contributed by atoms with Gasteiger partial charge in [0.1, 0.15) is 18.1 Å². The van der Waals surface area contributed by atoms with Crippen LogP contribution in [0.2, 0.25) is 0 Å². The second-order valence-corrected chi connectivity index (χ2v) is 7.10. The van der Waals surface area contributed by atoms with E-state index < -0.39 is 0 Å². The molecule has 1 aliphatic rings. The normalized spacial score (nSPS) is 18.0. The molecule has 1 fully saturated rings. The van der Waals surface area contributed by atoms with Crippen molar-refractivity contribution in [1.29, 1.82) is 0 Å². The average molecular weight is 425 g/mol. The number of furan rings is 1. The standard InChI is InChI=1S/C18H20INO3/c1-13-4-2-3-11-20(13)18(21)17-10-9-16(23-17)12-22-15-7-5-14(19)6-8-15/h5-10,13H,2-4,11-12H2,1H3/t13-/m1/s1. The van der Waals surface area contributed by atoms with Crippen LogP contribution in [0.5, 0.6) is 5.75 Å². The highest BCUT2D eigenvalue weighted by atomic mass is 127. The lowest BCUT2D eigenvalue weighted by Crippen LogP contribution is -2.41. The number of likely N-dealkylation sites (tertiary alicyclic amines) is 1. The van der Waals surface area contributed by atoms with Crippen molar-refractivity contribution in [1.82, 2.24) is 4.90 Å². The number of halogens is 1. The molecule has 1 atom stereocenters. The Labute approximate surface area is 149 Å². The fourth-order valence-electron chi connectivity index (χ4n) is 2.80. The van der Waals surface area contributed by atoms with E-state index in [1.807, 2.05) is 35.2 Å². The average Bonchev–Trinajstić information content (AvgIpc) is 3.03. The topological polar surface area (TPSA) is 42.7 Å². The number of carbonyl (C=O) groups excluding carboxylic acids is 1. The molecule has 0 radical (unpaired) electrons. The summed E-state index contributed by atoms with van der Waals surface area (Å²) in [5, 5.41) is 0. The molecule has 0 N–H and O–H groups in total. The molecule has 0 bridgehead atoms. The van der Waals surface area contributed by atoms with Crippen molar-refractivity contribution in [2.24, 2.45) is 0 Å². The van der Waals surface area contributed by atoms with E-state index in [0.29, 0.717) is 18.1 Å². The van der Waals surface area contributed by atoms with Crippen LogP contribution in [0.25, 0.3) is 0 Å². The fourth-order valence-corrected chi connectivity index (χ4v) is 3.16. The van der Waals surface area contributed by atoms with Gasteiger partial charge >= 0.3 is 0 Å². The highest BCUT2D eigenvalue weighted by Gasteiger charge is 2.26. The first kappa shape index (κ1) is 16.4. The van der Waals surface area contributed by atoms with Crippen molar-refractivity contribution in [2.75, 3.05) is 6.54 Å². The summed E-state index contributed by atoms with van der Waals surface area (Å²) >= 11 is 2.25. The Bertz CT molecular complexity index is 665. The number of hydrogen-bond acceptors (Lipinski definition) is 3. The van der Waals surface area contributed by atoms with Crippen molar-refractivity contribution in [3.63, 3.8) is 0 Å². The quantitative estimate of drug-likeness (QED) is 0.679. The molecule has 23 heavy (non-hydrogen) atoms. The third-order valence-electron chi connectivity index (χ3n) is 4.13. The molecule has 3 rings (SSSR count). The Morgan fingerprint density at radius 2 is 2.04 bits per heavy atom. The van der Waals surface area contributed by atoms with Gasteiger partial charge < -0.3 is 14.1 Å². The Balaban J connectivity index is 1.61. The van der Waals surface area contributed by atoms with Crippen molar-refractivity contribution >= 4 is 28.5 Å². The van der Waals surface area contributed by atoms with Gasteiger partial charge in [0.15, 0.2) is 5.76 Å². The van der Waals surface area contributed by atoms with Crippen LogP contribution in [0.1, 0.15) is 42.5 Å². The van der Waals surface area contributed by atoms with E-state index in [1.54, 1.807) is 6.07 Å². The summed E-state index contributed by atoms with van der Waals surface area (Å²) in [6.07, 6.45) is 3.33. The van der Waals surface area contributed by atoms with Gasteiger partial charge in [0.25, 0.3) is 5.91 Å². The second kappa shape index (κ2) is 7.38. The van der Waals surface area contributed by atoms with Crippen LogP contribution in [-0.2, 0) is 6.61 Å². The molecule has 1 aliphatic heterocycles. The lowest BCUT2D eigenvalue weighted by atomic mass is 10.0. The molecule has 2 aromatic rings. The number of benzene rings is 1. The molecular weight excluding hydrogens is 405 g/mol. The summed E-state index contributed by atoms with van der Waals surface area (Å²) in [5.74, 6) is 1.84. The van der Waals surface area contributed by atoms with Crippen LogP contribution in [0.4, 0.5) is 0 Å². The van der Waals surface area contributed by atoms with E-state index in [1.165, 1.54) is 6.42 Å². The number of amides is 1. The summed E-state index contributed by atoms with van der Waals surface area (Å²) in [7, 11) is 0. The van der Waals surface area contributed by atoms with Crippen LogP contribution in [0, 0.1) is 3.57 Å². The Morgan fingerprint density at radius 1 is 1.26 bits per heavy atom. The van der Waals surface area contributed by atoms with E-state index in [9.17, 15) is 4.79 Å². The Hall–Kier alpha value is -1.50.